The van der Waals surface area contributed by atoms with E-state index in [0.717, 1.165) is 17.5 Å². The van der Waals surface area contributed by atoms with Gasteiger partial charge in [-0.05, 0) is 23.8 Å². The standard InChI is InChI=1S/C15H16N2O4S/c1-20-10-11-2-4-14(5-3-11)22(18,19)17-13-8-12-6-7-21-15(12)16-9-13/h2-5,8-9,17H,6-7,10H2,1H3. The fraction of sp³-hybridized carbons (Fsp3) is 0.267. The topological polar surface area (TPSA) is 77.5 Å². The van der Waals surface area contributed by atoms with E-state index in [4.69, 9.17) is 9.47 Å². The van der Waals surface area contributed by atoms with Gasteiger partial charge in [-0.25, -0.2) is 13.4 Å². The number of pyridine rings is 1. The second kappa shape index (κ2) is 5.94. The van der Waals surface area contributed by atoms with Gasteiger partial charge in [-0.2, -0.15) is 0 Å². The molecule has 7 heteroatoms. The molecule has 0 spiro atoms. The summed E-state index contributed by atoms with van der Waals surface area (Å²) in [6, 6.07) is 8.33. The molecular formula is C15H16N2O4S. The first-order valence-electron chi connectivity index (χ1n) is 6.81. The van der Waals surface area contributed by atoms with Crippen LogP contribution in [0.15, 0.2) is 41.4 Å². The molecule has 0 aliphatic carbocycles. The van der Waals surface area contributed by atoms with Crippen molar-refractivity contribution >= 4 is 15.7 Å². The molecule has 1 aliphatic rings. The minimum atomic E-state index is -3.63. The second-order valence-corrected chi connectivity index (χ2v) is 6.65. The third-order valence-corrected chi connectivity index (χ3v) is 4.73. The van der Waals surface area contributed by atoms with Crippen LogP contribution in [0.5, 0.6) is 5.88 Å². The van der Waals surface area contributed by atoms with Crippen molar-refractivity contribution in [1.82, 2.24) is 4.98 Å². The van der Waals surface area contributed by atoms with Crippen molar-refractivity contribution in [2.75, 3.05) is 18.4 Å². The average Bonchev–Trinajstić information content (AvgIpc) is 2.95. The Hall–Kier alpha value is -2.12. The van der Waals surface area contributed by atoms with Crippen LogP contribution in [0, 0.1) is 0 Å². The third kappa shape index (κ3) is 3.05. The zero-order chi connectivity index (χ0) is 15.6. The number of anilines is 1. The second-order valence-electron chi connectivity index (χ2n) is 4.97. The van der Waals surface area contributed by atoms with E-state index in [1.807, 2.05) is 0 Å². The number of benzene rings is 1. The summed E-state index contributed by atoms with van der Waals surface area (Å²) in [5.41, 5.74) is 2.26. The van der Waals surface area contributed by atoms with Gasteiger partial charge in [-0.1, -0.05) is 12.1 Å². The number of methoxy groups -OCH3 is 1. The Morgan fingerprint density at radius 2 is 2.09 bits per heavy atom. The van der Waals surface area contributed by atoms with Crippen molar-refractivity contribution in [2.45, 2.75) is 17.9 Å². The number of aromatic nitrogens is 1. The fourth-order valence-corrected chi connectivity index (χ4v) is 3.30. The molecule has 1 aromatic carbocycles. The maximum absolute atomic E-state index is 12.4. The highest BCUT2D eigenvalue weighted by Crippen LogP contribution is 2.26. The molecule has 0 amide bonds. The Bertz CT molecular complexity index is 773. The first-order chi connectivity index (χ1) is 10.6. The summed E-state index contributed by atoms with van der Waals surface area (Å²) in [7, 11) is -2.04. The number of hydrogen-bond acceptors (Lipinski definition) is 5. The predicted molar refractivity (Wildman–Crippen MR) is 81.4 cm³/mol. The lowest BCUT2D eigenvalue weighted by molar-refractivity contribution is 0.185. The van der Waals surface area contributed by atoms with Crippen LogP contribution in [-0.2, 0) is 27.8 Å². The molecule has 0 saturated heterocycles. The average molecular weight is 320 g/mol. The zero-order valence-corrected chi connectivity index (χ0v) is 12.9. The summed E-state index contributed by atoms with van der Waals surface area (Å²) in [6.45, 7) is 1.03. The zero-order valence-electron chi connectivity index (χ0n) is 12.1. The normalized spacial score (nSPS) is 13.5. The first kappa shape index (κ1) is 14.8. The quantitative estimate of drug-likeness (QED) is 0.911. The van der Waals surface area contributed by atoms with E-state index in [2.05, 4.69) is 9.71 Å². The van der Waals surface area contributed by atoms with Crippen molar-refractivity contribution < 1.29 is 17.9 Å². The van der Waals surface area contributed by atoms with Crippen LogP contribution in [0.4, 0.5) is 5.69 Å². The molecule has 116 valence electrons. The van der Waals surface area contributed by atoms with Gasteiger partial charge in [-0.3, -0.25) is 4.72 Å². The largest absolute Gasteiger partial charge is 0.477 e. The van der Waals surface area contributed by atoms with Gasteiger partial charge in [0.25, 0.3) is 10.0 Å². The number of nitrogens with one attached hydrogen (secondary N) is 1. The number of rotatable bonds is 5. The van der Waals surface area contributed by atoms with Crippen molar-refractivity contribution in [3.05, 3.63) is 47.7 Å². The van der Waals surface area contributed by atoms with E-state index in [1.165, 1.54) is 6.20 Å². The molecule has 2 aromatic rings. The van der Waals surface area contributed by atoms with Gasteiger partial charge in [-0.15, -0.1) is 0 Å². The van der Waals surface area contributed by atoms with E-state index in [0.29, 0.717) is 24.8 Å². The number of fused-ring (bicyclic) bond motifs is 1. The highest BCUT2D eigenvalue weighted by molar-refractivity contribution is 7.92. The maximum atomic E-state index is 12.4. The smallest absolute Gasteiger partial charge is 0.261 e. The summed E-state index contributed by atoms with van der Waals surface area (Å²) < 4.78 is 37.6. The SMILES string of the molecule is COCc1ccc(S(=O)(=O)Nc2cnc3c(c2)CCO3)cc1. The minimum absolute atomic E-state index is 0.198. The van der Waals surface area contributed by atoms with Gasteiger partial charge in [0.1, 0.15) is 0 Å². The van der Waals surface area contributed by atoms with E-state index in [1.54, 1.807) is 37.4 Å². The van der Waals surface area contributed by atoms with Crippen LogP contribution in [0.3, 0.4) is 0 Å². The van der Waals surface area contributed by atoms with Crippen LogP contribution >= 0.6 is 0 Å². The van der Waals surface area contributed by atoms with Crippen molar-refractivity contribution in [3.63, 3.8) is 0 Å². The fourth-order valence-electron chi connectivity index (χ4n) is 2.27. The van der Waals surface area contributed by atoms with Crippen LogP contribution in [-0.4, -0.2) is 27.1 Å². The molecular weight excluding hydrogens is 304 g/mol. The lowest BCUT2D eigenvalue weighted by Crippen LogP contribution is -2.13. The number of ether oxygens (including phenoxy) is 2. The van der Waals surface area contributed by atoms with Gasteiger partial charge >= 0.3 is 0 Å². The van der Waals surface area contributed by atoms with Crippen LogP contribution < -0.4 is 9.46 Å². The summed E-state index contributed by atoms with van der Waals surface area (Å²) in [4.78, 5) is 4.31. The van der Waals surface area contributed by atoms with E-state index in [9.17, 15) is 8.42 Å². The molecule has 1 N–H and O–H groups in total. The van der Waals surface area contributed by atoms with Crippen LogP contribution in [0.1, 0.15) is 11.1 Å². The van der Waals surface area contributed by atoms with E-state index in [-0.39, 0.29) is 4.90 Å². The maximum Gasteiger partial charge on any atom is 0.261 e. The Labute approximate surface area is 129 Å². The summed E-state index contributed by atoms with van der Waals surface area (Å²) in [5, 5.41) is 0. The molecule has 0 saturated carbocycles. The van der Waals surface area contributed by atoms with Crippen molar-refractivity contribution in [1.29, 1.82) is 0 Å². The van der Waals surface area contributed by atoms with Gasteiger partial charge in [0.2, 0.25) is 5.88 Å². The molecule has 6 nitrogen and oxygen atoms in total. The summed E-state index contributed by atoms with van der Waals surface area (Å²) >= 11 is 0. The number of nitrogens with zero attached hydrogens (tertiary/aromatic N) is 1. The Morgan fingerprint density at radius 1 is 1.32 bits per heavy atom. The Morgan fingerprint density at radius 3 is 2.82 bits per heavy atom. The highest BCUT2D eigenvalue weighted by atomic mass is 32.2. The Balaban J connectivity index is 1.81. The lowest BCUT2D eigenvalue weighted by atomic mass is 10.2. The van der Waals surface area contributed by atoms with E-state index < -0.39 is 10.0 Å². The molecule has 0 atom stereocenters. The van der Waals surface area contributed by atoms with Crippen LogP contribution in [0.2, 0.25) is 0 Å². The molecule has 22 heavy (non-hydrogen) atoms. The third-order valence-electron chi connectivity index (χ3n) is 3.33. The summed E-state index contributed by atoms with van der Waals surface area (Å²) in [5.74, 6) is 0.576. The lowest BCUT2D eigenvalue weighted by Gasteiger charge is -2.09. The first-order valence-corrected chi connectivity index (χ1v) is 8.29. The minimum Gasteiger partial charge on any atom is -0.477 e. The molecule has 3 rings (SSSR count). The molecule has 0 radical (unpaired) electrons. The molecule has 0 unspecified atom stereocenters. The monoisotopic (exact) mass is 320 g/mol. The predicted octanol–water partition coefficient (Wildman–Crippen LogP) is 1.96. The van der Waals surface area contributed by atoms with Gasteiger partial charge in [0.05, 0.1) is 30.0 Å². The van der Waals surface area contributed by atoms with Crippen molar-refractivity contribution in [3.8, 4) is 5.88 Å². The van der Waals surface area contributed by atoms with Gasteiger partial charge < -0.3 is 9.47 Å². The van der Waals surface area contributed by atoms with Crippen molar-refractivity contribution in [2.24, 2.45) is 0 Å². The molecule has 1 aromatic heterocycles. The highest BCUT2D eigenvalue weighted by Gasteiger charge is 2.18. The number of sulfonamides is 1. The molecule has 2 heterocycles. The Kier molecular flexibility index (Phi) is 4.00. The molecule has 0 fully saturated rings. The number of hydrogen-bond donors (Lipinski definition) is 1. The molecule has 1 aliphatic heterocycles. The summed E-state index contributed by atoms with van der Waals surface area (Å²) in [6.07, 6.45) is 2.20. The molecule has 0 bridgehead atoms. The van der Waals surface area contributed by atoms with Gasteiger partial charge in [0, 0.05) is 19.1 Å². The van der Waals surface area contributed by atoms with Gasteiger partial charge in [0.15, 0.2) is 0 Å². The van der Waals surface area contributed by atoms with E-state index >= 15 is 0 Å². The van der Waals surface area contributed by atoms with Crippen LogP contribution in [0.25, 0.3) is 0 Å².